The molecule has 84 heavy (non-hydrogen) atoms. The molecular weight excluding hydrogens is 1100 g/mol. The number of rotatable bonds is 27. The number of thioether (sulfide) groups is 1. The number of hydrogen-bond acceptors (Lipinski definition) is 18. The van der Waals surface area contributed by atoms with Gasteiger partial charge in [-0.1, -0.05) is 103 Å². The van der Waals surface area contributed by atoms with Crippen LogP contribution in [-0.4, -0.2) is 126 Å². The summed E-state index contributed by atoms with van der Waals surface area (Å²) in [6.07, 6.45) is -9.57. The molecule has 2 heterocycles. The molecule has 0 bridgehead atoms. The summed E-state index contributed by atoms with van der Waals surface area (Å²) in [6.45, 7) is 0.516. The summed E-state index contributed by atoms with van der Waals surface area (Å²) < 4.78 is 88.3. The lowest BCUT2D eigenvalue weighted by atomic mass is 9.97. The molecule has 18 heteroatoms. The molecule has 0 saturated carbocycles. The Kier molecular flexibility index (Phi) is 22.2. The standard InChI is InChI=1S/C66H68O17S/c1-70-50-29-21-43(22-30-50)37-75-42-55-57(76-38-44-23-31-51(71-2)32-24-44)58(77-39-45-25-33-52(72-3)34-26-45)61(78-40-46-27-35-53(73-4)36-28-46)66(84-55)79-41-54-56(81-62(67)47-15-9-6-10-16-47)59(82-63(68)48-17-11-7-12-18-48)60(65(74-5)80-54)83-64(69)49-19-13-8-14-20-49/h6-36,54-61,65-66H,37-42H2,1-5H3/t54-,55-,56-,57-,58+,59+,60-,61-,65+,66+/m1/s1. The number of carbonyl (C=O) groups excluding carboxylic acids is 3. The predicted molar refractivity (Wildman–Crippen MR) is 311 cm³/mol. The average molecular weight is 1170 g/mol. The molecule has 0 aliphatic carbocycles. The number of benzene rings is 7. The van der Waals surface area contributed by atoms with Crippen LogP contribution in [0.2, 0.25) is 0 Å². The molecule has 10 atom stereocenters. The molecule has 7 aromatic rings. The fraction of sp³-hybridized carbons (Fsp3) is 0.318. The van der Waals surface area contributed by atoms with Crippen LogP contribution >= 0.6 is 11.8 Å². The largest absolute Gasteiger partial charge is 0.497 e. The summed E-state index contributed by atoms with van der Waals surface area (Å²) in [6, 6.07) is 55.3. The van der Waals surface area contributed by atoms with Gasteiger partial charge in [-0.3, -0.25) is 0 Å². The SMILES string of the molecule is COc1ccc(COC[C@H]2S[C@H](OC[C@H]3O[C@H](OC)[C@H](OC(=O)c4ccccc4)[C@@H](OC(=O)c4ccccc4)[C@@H]3OC(=O)c3ccccc3)[C@H](OCc3ccc(OC)cc3)[C@@H](OCc3ccc(OC)cc3)[C@@H]2OCc2ccc(OC)cc2)cc1. The lowest BCUT2D eigenvalue weighted by Crippen LogP contribution is -2.63. The summed E-state index contributed by atoms with van der Waals surface area (Å²) >= 11 is 1.42. The summed E-state index contributed by atoms with van der Waals surface area (Å²) in [7, 11) is 7.81. The van der Waals surface area contributed by atoms with Gasteiger partial charge in [-0.2, -0.15) is 0 Å². The molecule has 17 nitrogen and oxygen atoms in total. The van der Waals surface area contributed by atoms with Crippen LogP contribution < -0.4 is 18.9 Å². The van der Waals surface area contributed by atoms with E-state index >= 15 is 0 Å². The lowest BCUT2D eigenvalue weighted by molar-refractivity contribution is -0.296. The van der Waals surface area contributed by atoms with E-state index in [0.29, 0.717) is 23.0 Å². The van der Waals surface area contributed by atoms with Gasteiger partial charge >= 0.3 is 17.9 Å². The quantitative estimate of drug-likeness (QED) is 0.0350. The Hall–Kier alpha value is -7.78. The smallest absolute Gasteiger partial charge is 0.338 e. The Morgan fingerprint density at radius 2 is 0.750 bits per heavy atom. The summed E-state index contributed by atoms with van der Waals surface area (Å²) in [4.78, 5) is 42.6. The van der Waals surface area contributed by atoms with Crippen molar-refractivity contribution in [3.8, 4) is 23.0 Å². The minimum atomic E-state index is -1.53. The van der Waals surface area contributed by atoms with E-state index in [0.717, 1.165) is 22.3 Å². The summed E-state index contributed by atoms with van der Waals surface area (Å²) in [5.74, 6) is 0.439. The van der Waals surface area contributed by atoms with Crippen LogP contribution in [0.15, 0.2) is 188 Å². The number of esters is 3. The average Bonchev–Trinajstić information content (AvgIpc) is 3.47. The van der Waals surface area contributed by atoms with E-state index in [1.54, 1.807) is 119 Å². The maximum absolute atomic E-state index is 14.4. The minimum absolute atomic E-state index is 0.107. The molecule has 0 radical (unpaired) electrons. The highest BCUT2D eigenvalue weighted by Crippen LogP contribution is 2.41. The van der Waals surface area contributed by atoms with Crippen LogP contribution in [0.1, 0.15) is 53.3 Å². The number of ether oxygens (including phenoxy) is 14. The maximum atomic E-state index is 14.4. The Morgan fingerprint density at radius 3 is 1.15 bits per heavy atom. The van der Waals surface area contributed by atoms with Crippen molar-refractivity contribution >= 4 is 29.7 Å². The van der Waals surface area contributed by atoms with Crippen LogP contribution in [0.25, 0.3) is 0 Å². The molecule has 0 N–H and O–H groups in total. The number of hydrogen-bond donors (Lipinski definition) is 0. The topological polar surface area (TPSA) is 180 Å². The van der Waals surface area contributed by atoms with Crippen molar-refractivity contribution in [3.63, 3.8) is 0 Å². The van der Waals surface area contributed by atoms with E-state index < -0.39 is 77.6 Å². The van der Waals surface area contributed by atoms with Gasteiger partial charge < -0.3 is 66.3 Å². The van der Waals surface area contributed by atoms with Crippen molar-refractivity contribution in [2.75, 3.05) is 48.8 Å². The first-order valence-corrected chi connectivity index (χ1v) is 28.3. The van der Waals surface area contributed by atoms with E-state index in [1.165, 1.54) is 18.9 Å². The molecule has 7 aromatic carbocycles. The molecule has 2 aliphatic heterocycles. The molecular formula is C66H68O17S. The normalized spacial score (nSPS) is 22.0. The minimum Gasteiger partial charge on any atom is -0.497 e. The zero-order valence-electron chi connectivity index (χ0n) is 47.3. The van der Waals surface area contributed by atoms with Gasteiger partial charge in [0.25, 0.3) is 0 Å². The van der Waals surface area contributed by atoms with Gasteiger partial charge in [0.05, 0.1) is 90.0 Å². The molecule has 2 saturated heterocycles. The van der Waals surface area contributed by atoms with E-state index in [9.17, 15) is 14.4 Å². The van der Waals surface area contributed by atoms with Crippen LogP contribution in [0.4, 0.5) is 0 Å². The highest BCUT2D eigenvalue weighted by atomic mass is 32.2. The zero-order chi connectivity index (χ0) is 58.6. The van der Waals surface area contributed by atoms with Gasteiger partial charge in [0.1, 0.15) is 52.8 Å². The van der Waals surface area contributed by atoms with Gasteiger partial charge in [0, 0.05) is 7.11 Å². The van der Waals surface area contributed by atoms with Gasteiger partial charge in [0.2, 0.25) is 0 Å². The molecule has 0 amide bonds. The molecule has 2 aliphatic rings. The molecule has 9 rings (SSSR count). The van der Waals surface area contributed by atoms with Crippen LogP contribution in [-0.2, 0) is 73.8 Å². The third-order valence-corrected chi connectivity index (χ3v) is 15.5. The fourth-order valence-electron chi connectivity index (χ4n) is 9.56. The van der Waals surface area contributed by atoms with Gasteiger partial charge in [-0.25, -0.2) is 14.4 Å². The number of carbonyl (C=O) groups is 3. The van der Waals surface area contributed by atoms with E-state index in [-0.39, 0.29) is 56.3 Å². The van der Waals surface area contributed by atoms with Crippen molar-refractivity contribution in [2.45, 2.75) is 86.1 Å². The van der Waals surface area contributed by atoms with Crippen LogP contribution in [0.3, 0.4) is 0 Å². The van der Waals surface area contributed by atoms with Gasteiger partial charge in [-0.05, 0) is 107 Å². The summed E-state index contributed by atoms with van der Waals surface area (Å²) in [5.41, 5.74) is 3.18. The molecule has 440 valence electrons. The molecule has 0 unspecified atom stereocenters. The number of methoxy groups -OCH3 is 5. The van der Waals surface area contributed by atoms with Crippen molar-refractivity contribution in [1.29, 1.82) is 0 Å². The van der Waals surface area contributed by atoms with Crippen molar-refractivity contribution < 1.29 is 80.7 Å². The van der Waals surface area contributed by atoms with Crippen LogP contribution in [0, 0.1) is 0 Å². The molecule has 0 aromatic heterocycles. The van der Waals surface area contributed by atoms with Crippen LogP contribution in [0.5, 0.6) is 23.0 Å². The lowest BCUT2D eigenvalue weighted by Gasteiger charge is -2.47. The monoisotopic (exact) mass is 1160 g/mol. The second-order valence-electron chi connectivity index (χ2n) is 19.6. The van der Waals surface area contributed by atoms with Crippen molar-refractivity contribution in [1.82, 2.24) is 0 Å². The highest BCUT2D eigenvalue weighted by molar-refractivity contribution is 8.00. The van der Waals surface area contributed by atoms with Crippen molar-refractivity contribution in [3.05, 3.63) is 227 Å². The molecule has 2 fully saturated rings. The first kappa shape index (κ1) is 60.8. The van der Waals surface area contributed by atoms with Crippen molar-refractivity contribution in [2.24, 2.45) is 0 Å². The Labute approximate surface area is 493 Å². The maximum Gasteiger partial charge on any atom is 0.338 e. The Bertz CT molecular complexity index is 3120. The third kappa shape index (κ3) is 16.3. The van der Waals surface area contributed by atoms with E-state index in [2.05, 4.69) is 0 Å². The first-order valence-electron chi connectivity index (χ1n) is 27.3. The van der Waals surface area contributed by atoms with E-state index in [1.807, 2.05) is 97.1 Å². The van der Waals surface area contributed by atoms with Gasteiger partial charge in [0.15, 0.2) is 24.6 Å². The Morgan fingerprint density at radius 1 is 0.381 bits per heavy atom. The Balaban J connectivity index is 1.10. The van der Waals surface area contributed by atoms with E-state index in [4.69, 9.17) is 66.3 Å². The second-order valence-corrected chi connectivity index (χ2v) is 20.9. The predicted octanol–water partition coefficient (Wildman–Crippen LogP) is 10.5. The van der Waals surface area contributed by atoms with Gasteiger partial charge in [-0.15, -0.1) is 11.8 Å². The molecule has 0 spiro atoms. The zero-order valence-corrected chi connectivity index (χ0v) is 48.1. The second kappa shape index (κ2) is 30.7. The summed E-state index contributed by atoms with van der Waals surface area (Å²) in [5, 5.41) is -0.486. The third-order valence-electron chi connectivity index (χ3n) is 14.1. The fourth-order valence-corrected chi connectivity index (χ4v) is 11.0. The highest BCUT2D eigenvalue weighted by Gasteiger charge is 2.55. The first-order chi connectivity index (χ1) is 41.1.